The Bertz CT molecular complexity index is 961. The van der Waals surface area contributed by atoms with Crippen LogP contribution in [0.15, 0.2) is 22.0 Å². The van der Waals surface area contributed by atoms with Gasteiger partial charge in [0.25, 0.3) is 0 Å². The molecule has 0 saturated heterocycles. The van der Waals surface area contributed by atoms with Crippen LogP contribution in [0, 0.1) is 0 Å². The molecule has 200 valence electrons. The fourth-order valence-corrected chi connectivity index (χ4v) is 4.45. The highest BCUT2D eigenvalue weighted by Gasteiger charge is 2.27. The zero-order valence-electron chi connectivity index (χ0n) is 22.2. The number of hydrogen-bond acceptors (Lipinski definition) is 6. The number of aryl methyl sites for hydroxylation is 2. The second kappa shape index (κ2) is 12.5. The monoisotopic (exact) mass is 496 g/mol. The van der Waals surface area contributed by atoms with Crippen molar-refractivity contribution in [3.63, 3.8) is 0 Å². The first-order chi connectivity index (χ1) is 16.5. The first-order valence-electron chi connectivity index (χ1n) is 12.6. The third kappa shape index (κ3) is 7.27. The summed E-state index contributed by atoms with van der Waals surface area (Å²) in [7, 11) is 0. The summed E-state index contributed by atoms with van der Waals surface area (Å²) in [4.78, 5) is 24.8. The summed E-state index contributed by atoms with van der Waals surface area (Å²) >= 11 is 0. The van der Waals surface area contributed by atoms with E-state index >= 15 is 0 Å². The van der Waals surface area contributed by atoms with Crippen LogP contribution in [0.5, 0.6) is 11.8 Å². The van der Waals surface area contributed by atoms with Gasteiger partial charge in [-0.3, -0.25) is 18.3 Å². The van der Waals surface area contributed by atoms with Gasteiger partial charge >= 0.3 is 11.4 Å². The minimum Gasteiger partial charge on any atom is -0.493 e. The second-order valence-corrected chi connectivity index (χ2v) is 10.2. The zero-order chi connectivity index (χ0) is 26.2. The highest BCUT2D eigenvalue weighted by Crippen LogP contribution is 2.26. The predicted octanol–water partition coefficient (Wildman–Crippen LogP) is 3.22. The molecule has 0 spiro atoms. The van der Waals surface area contributed by atoms with Crippen LogP contribution in [-0.4, -0.2) is 54.9 Å². The third-order valence-electron chi connectivity index (χ3n) is 6.50. The molecule has 0 radical (unpaired) electrons. The SMILES string of the molecule is CCn1cc(O)n(C(C)(C)CCCOCCCOCCCC(C)(C)n2c(O)cn(CC)c2=O)c1=O. The molecule has 0 saturated carbocycles. The Balaban J connectivity index is 1.59. The fraction of sp³-hybridized carbons (Fsp3) is 0.760. The van der Waals surface area contributed by atoms with Crippen LogP contribution in [0.4, 0.5) is 0 Å². The third-order valence-corrected chi connectivity index (χ3v) is 6.50. The van der Waals surface area contributed by atoms with E-state index in [4.69, 9.17) is 9.47 Å². The number of ether oxygens (including phenoxy) is 2. The maximum Gasteiger partial charge on any atom is 0.331 e. The van der Waals surface area contributed by atoms with E-state index in [9.17, 15) is 19.8 Å². The molecule has 0 aliphatic rings. The fourth-order valence-electron chi connectivity index (χ4n) is 4.45. The molecule has 2 aromatic heterocycles. The van der Waals surface area contributed by atoms with E-state index < -0.39 is 11.1 Å². The lowest BCUT2D eigenvalue weighted by molar-refractivity contribution is 0.0734. The standard InChI is InChI=1S/C25H44N4O6/c1-7-26-18-20(30)28(22(26)32)24(3,4)12-9-14-34-16-11-17-35-15-10-13-25(5,6)29-21(31)19-27(8-2)23(29)33/h18-19,30-31H,7-17H2,1-6H3. The molecule has 0 bridgehead atoms. The molecule has 0 aliphatic heterocycles. The van der Waals surface area contributed by atoms with E-state index in [-0.39, 0.29) is 23.1 Å². The van der Waals surface area contributed by atoms with Gasteiger partial charge in [-0.15, -0.1) is 0 Å². The Kier molecular flexibility index (Phi) is 10.3. The number of aromatic hydroxyl groups is 2. The van der Waals surface area contributed by atoms with Crippen molar-refractivity contribution in [1.29, 1.82) is 0 Å². The van der Waals surface area contributed by atoms with Crippen LogP contribution < -0.4 is 11.4 Å². The molecule has 0 unspecified atom stereocenters. The van der Waals surface area contributed by atoms with Crippen molar-refractivity contribution in [1.82, 2.24) is 18.3 Å². The van der Waals surface area contributed by atoms with Gasteiger partial charge in [-0.05, 0) is 73.6 Å². The van der Waals surface area contributed by atoms with Gasteiger partial charge in [0, 0.05) is 50.6 Å². The molecule has 0 amide bonds. The van der Waals surface area contributed by atoms with E-state index in [2.05, 4.69) is 0 Å². The van der Waals surface area contributed by atoms with Crippen LogP contribution in [0.25, 0.3) is 0 Å². The Labute approximate surface area is 207 Å². The average Bonchev–Trinajstić information content (AvgIpc) is 3.25. The smallest absolute Gasteiger partial charge is 0.331 e. The van der Waals surface area contributed by atoms with E-state index in [0.717, 1.165) is 19.3 Å². The first kappa shape index (κ1) is 28.8. The highest BCUT2D eigenvalue weighted by molar-refractivity contribution is 5.10. The van der Waals surface area contributed by atoms with Gasteiger partial charge in [-0.2, -0.15) is 0 Å². The van der Waals surface area contributed by atoms with Crippen molar-refractivity contribution in [2.45, 2.75) is 97.8 Å². The number of nitrogens with zero attached hydrogens (tertiary/aromatic N) is 4. The van der Waals surface area contributed by atoms with Crippen molar-refractivity contribution in [3.8, 4) is 11.8 Å². The summed E-state index contributed by atoms with van der Waals surface area (Å²) in [6.07, 6.45) is 6.71. The molecule has 2 N–H and O–H groups in total. The van der Waals surface area contributed by atoms with Crippen molar-refractivity contribution >= 4 is 0 Å². The van der Waals surface area contributed by atoms with Gasteiger partial charge in [0.15, 0.2) is 0 Å². The highest BCUT2D eigenvalue weighted by atomic mass is 16.5. The minimum atomic E-state index is -0.497. The molecular formula is C25H44N4O6. The van der Waals surface area contributed by atoms with E-state index in [1.807, 2.05) is 41.5 Å². The molecule has 10 nitrogen and oxygen atoms in total. The number of imidazole rings is 2. The summed E-state index contributed by atoms with van der Waals surface area (Å²) in [6.45, 7) is 14.9. The van der Waals surface area contributed by atoms with E-state index in [0.29, 0.717) is 52.4 Å². The van der Waals surface area contributed by atoms with E-state index in [1.165, 1.54) is 30.7 Å². The van der Waals surface area contributed by atoms with E-state index in [1.54, 1.807) is 0 Å². The zero-order valence-corrected chi connectivity index (χ0v) is 22.2. The van der Waals surface area contributed by atoms with Crippen LogP contribution in [0.2, 0.25) is 0 Å². The van der Waals surface area contributed by atoms with Gasteiger partial charge in [0.2, 0.25) is 11.8 Å². The molecule has 0 aromatic carbocycles. The quantitative estimate of drug-likeness (QED) is 0.345. The van der Waals surface area contributed by atoms with Crippen LogP contribution >= 0.6 is 0 Å². The molecule has 2 heterocycles. The number of hydrogen-bond donors (Lipinski definition) is 2. The van der Waals surface area contributed by atoms with Gasteiger partial charge < -0.3 is 19.7 Å². The lowest BCUT2D eigenvalue weighted by Crippen LogP contribution is -2.37. The summed E-state index contributed by atoms with van der Waals surface area (Å²) in [6, 6.07) is 0. The van der Waals surface area contributed by atoms with Crippen LogP contribution in [-0.2, 0) is 33.6 Å². The summed E-state index contributed by atoms with van der Waals surface area (Å²) in [5.41, 5.74) is -1.38. The molecule has 2 rings (SSSR count). The average molecular weight is 497 g/mol. The summed E-state index contributed by atoms with van der Waals surface area (Å²) in [5, 5.41) is 20.3. The molecule has 10 heteroatoms. The first-order valence-corrected chi connectivity index (χ1v) is 12.6. The molecule has 35 heavy (non-hydrogen) atoms. The minimum absolute atomic E-state index is 0.00784. The normalized spacial score (nSPS) is 12.5. The number of rotatable bonds is 16. The molecule has 0 aliphatic carbocycles. The Morgan fingerprint density at radius 1 is 0.686 bits per heavy atom. The topological polar surface area (TPSA) is 113 Å². The summed E-state index contributed by atoms with van der Waals surface area (Å²) in [5.74, 6) is -0.0157. The van der Waals surface area contributed by atoms with Gasteiger partial charge in [-0.25, -0.2) is 9.59 Å². The van der Waals surface area contributed by atoms with Gasteiger partial charge in [0.05, 0.1) is 12.4 Å². The maximum absolute atomic E-state index is 12.4. The van der Waals surface area contributed by atoms with Gasteiger partial charge in [0.1, 0.15) is 0 Å². The van der Waals surface area contributed by atoms with Crippen molar-refractivity contribution in [2.24, 2.45) is 0 Å². The van der Waals surface area contributed by atoms with Crippen molar-refractivity contribution in [2.75, 3.05) is 26.4 Å². The van der Waals surface area contributed by atoms with Crippen molar-refractivity contribution < 1.29 is 19.7 Å². The Morgan fingerprint density at radius 3 is 1.34 bits per heavy atom. The Hall–Kier alpha value is -2.46. The predicted molar refractivity (Wildman–Crippen MR) is 135 cm³/mol. The second-order valence-electron chi connectivity index (χ2n) is 10.2. The van der Waals surface area contributed by atoms with Crippen LogP contribution in [0.3, 0.4) is 0 Å². The summed E-state index contributed by atoms with van der Waals surface area (Å²) < 4.78 is 17.3. The van der Waals surface area contributed by atoms with Crippen molar-refractivity contribution in [3.05, 3.63) is 33.4 Å². The molecule has 0 atom stereocenters. The number of aromatic nitrogens is 4. The molecule has 2 aromatic rings. The van der Waals surface area contributed by atoms with Gasteiger partial charge in [-0.1, -0.05) is 0 Å². The largest absolute Gasteiger partial charge is 0.493 e. The maximum atomic E-state index is 12.4. The Morgan fingerprint density at radius 2 is 1.03 bits per heavy atom. The lowest BCUT2D eigenvalue weighted by atomic mass is 9.98. The molecular weight excluding hydrogens is 452 g/mol. The lowest BCUT2D eigenvalue weighted by Gasteiger charge is -2.26. The molecule has 0 fully saturated rings. The van der Waals surface area contributed by atoms with Crippen LogP contribution in [0.1, 0.15) is 73.6 Å².